The normalized spacial score (nSPS) is 10.5. The molecule has 2 aromatic rings. The fourth-order valence-corrected chi connectivity index (χ4v) is 1.90. The van der Waals surface area contributed by atoms with E-state index in [1.54, 1.807) is 18.3 Å². The first-order chi connectivity index (χ1) is 9.15. The summed E-state index contributed by atoms with van der Waals surface area (Å²) >= 11 is 0. The van der Waals surface area contributed by atoms with Crippen molar-refractivity contribution in [1.82, 2.24) is 9.55 Å². The molecule has 0 aliphatic heterocycles. The van der Waals surface area contributed by atoms with Gasteiger partial charge in [0.15, 0.2) is 0 Å². The third-order valence-electron chi connectivity index (χ3n) is 3.02. The molecule has 0 fully saturated rings. The van der Waals surface area contributed by atoms with E-state index in [4.69, 9.17) is 0 Å². The lowest BCUT2D eigenvalue weighted by molar-refractivity contribution is 0.0600. The second-order valence-corrected chi connectivity index (χ2v) is 4.23. The molecular weight excluding hydrogens is 244 g/mol. The maximum atomic E-state index is 11.3. The molecule has 0 amide bonds. The zero-order valence-electron chi connectivity index (χ0n) is 11.0. The lowest BCUT2D eigenvalue weighted by Gasteiger charge is -2.09. The number of rotatable bonds is 4. The molecule has 1 aromatic carbocycles. The molecule has 0 aliphatic carbocycles. The minimum Gasteiger partial charge on any atom is -0.465 e. The number of aliphatic hydroxyl groups is 1. The smallest absolute Gasteiger partial charge is 0.337 e. The molecule has 0 aliphatic rings. The van der Waals surface area contributed by atoms with Gasteiger partial charge in [-0.3, -0.25) is 0 Å². The predicted molar refractivity (Wildman–Crippen MR) is 69.8 cm³/mol. The van der Waals surface area contributed by atoms with Crippen molar-refractivity contribution in [3.63, 3.8) is 0 Å². The van der Waals surface area contributed by atoms with Crippen molar-refractivity contribution in [2.45, 2.75) is 20.1 Å². The summed E-state index contributed by atoms with van der Waals surface area (Å²) in [5.74, 6) is 0.502. The van der Waals surface area contributed by atoms with Gasteiger partial charge in [-0.1, -0.05) is 12.1 Å². The molecule has 0 radical (unpaired) electrons. The third-order valence-corrected chi connectivity index (χ3v) is 3.02. The molecule has 5 heteroatoms. The Morgan fingerprint density at radius 3 is 2.63 bits per heavy atom. The van der Waals surface area contributed by atoms with Crippen molar-refractivity contribution in [2.75, 3.05) is 7.11 Å². The third kappa shape index (κ3) is 2.82. The zero-order chi connectivity index (χ0) is 13.8. The summed E-state index contributed by atoms with van der Waals surface area (Å²) in [4.78, 5) is 15.5. The summed E-state index contributed by atoms with van der Waals surface area (Å²) in [5.41, 5.74) is 2.33. The Hall–Kier alpha value is -2.14. The van der Waals surface area contributed by atoms with E-state index >= 15 is 0 Å². The molecule has 0 saturated heterocycles. The van der Waals surface area contributed by atoms with Crippen molar-refractivity contribution in [3.05, 3.63) is 53.1 Å². The number of nitrogens with zero attached hydrogens (tertiary/aromatic N) is 2. The van der Waals surface area contributed by atoms with Crippen molar-refractivity contribution < 1.29 is 14.6 Å². The molecular formula is C14H16N2O3. The van der Waals surface area contributed by atoms with Crippen LogP contribution in [-0.2, 0) is 17.9 Å². The van der Waals surface area contributed by atoms with Crippen molar-refractivity contribution >= 4 is 5.97 Å². The van der Waals surface area contributed by atoms with E-state index in [2.05, 4.69) is 9.72 Å². The van der Waals surface area contributed by atoms with Crippen molar-refractivity contribution in [3.8, 4) is 0 Å². The summed E-state index contributed by atoms with van der Waals surface area (Å²) in [6.45, 7) is 2.46. The Kier molecular flexibility index (Phi) is 3.97. The first-order valence-corrected chi connectivity index (χ1v) is 5.95. The second-order valence-electron chi connectivity index (χ2n) is 4.23. The number of methoxy groups -OCH3 is 1. The summed E-state index contributed by atoms with van der Waals surface area (Å²) < 4.78 is 6.59. The van der Waals surface area contributed by atoms with Crippen LogP contribution in [0.1, 0.15) is 27.4 Å². The maximum Gasteiger partial charge on any atom is 0.337 e. The summed E-state index contributed by atoms with van der Waals surface area (Å²) in [7, 11) is 1.36. The van der Waals surface area contributed by atoms with E-state index in [1.807, 2.05) is 23.6 Å². The van der Waals surface area contributed by atoms with Crippen LogP contribution in [0.4, 0.5) is 0 Å². The van der Waals surface area contributed by atoms with Gasteiger partial charge in [-0.05, 0) is 24.6 Å². The lowest BCUT2D eigenvalue weighted by Crippen LogP contribution is -2.07. The molecule has 1 heterocycles. The highest BCUT2D eigenvalue weighted by molar-refractivity contribution is 5.89. The predicted octanol–water partition coefficient (Wildman–Crippen LogP) is 1.52. The van der Waals surface area contributed by atoms with Crippen LogP contribution < -0.4 is 0 Å². The van der Waals surface area contributed by atoms with Crippen LogP contribution in [0.3, 0.4) is 0 Å². The first kappa shape index (κ1) is 13.3. The van der Waals surface area contributed by atoms with Crippen molar-refractivity contribution in [1.29, 1.82) is 0 Å². The summed E-state index contributed by atoms with van der Waals surface area (Å²) in [6, 6.07) is 7.19. The molecule has 5 nitrogen and oxygen atoms in total. The standard InChI is InChI=1S/C14H16N2O3/c1-10-15-7-13(9-17)16(10)8-11-3-5-12(6-4-11)14(18)19-2/h3-7,17H,8-9H2,1-2H3. The van der Waals surface area contributed by atoms with Crippen molar-refractivity contribution in [2.24, 2.45) is 0 Å². The van der Waals surface area contributed by atoms with Crippen LogP contribution in [0, 0.1) is 6.92 Å². The van der Waals surface area contributed by atoms with Gasteiger partial charge in [0.2, 0.25) is 0 Å². The number of aryl methyl sites for hydroxylation is 1. The van der Waals surface area contributed by atoms with Gasteiger partial charge in [0.1, 0.15) is 5.82 Å². The van der Waals surface area contributed by atoms with Gasteiger partial charge in [0.05, 0.1) is 31.2 Å². The number of hydrogen-bond acceptors (Lipinski definition) is 4. The van der Waals surface area contributed by atoms with Gasteiger partial charge in [0, 0.05) is 6.54 Å². The highest BCUT2D eigenvalue weighted by Crippen LogP contribution is 2.11. The fraction of sp³-hybridized carbons (Fsp3) is 0.286. The average Bonchev–Trinajstić information content (AvgIpc) is 2.79. The van der Waals surface area contributed by atoms with Crippen LogP contribution in [0.2, 0.25) is 0 Å². The molecule has 2 rings (SSSR count). The van der Waals surface area contributed by atoms with E-state index in [0.717, 1.165) is 17.1 Å². The maximum absolute atomic E-state index is 11.3. The molecule has 0 spiro atoms. The zero-order valence-corrected chi connectivity index (χ0v) is 11.0. The molecule has 19 heavy (non-hydrogen) atoms. The Bertz CT molecular complexity index is 573. The number of benzene rings is 1. The monoisotopic (exact) mass is 260 g/mol. The number of carbonyl (C=O) groups is 1. The minimum atomic E-state index is -0.346. The number of hydrogen-bond donors (Lipinski definition) is 1. The molecule has 0 unspecified atom stereocenters. The molecule has 0 bridgehead atoms. The minimum absolute atomic E-state index is 0.0406. The first-order valence-electron chi connectivity index (χ1n) is 5.95. The van der Waals surface area contributed by atoms with E-state index in [0.29, 0.717) is 12.1 Å². The Labute approximate surface area is 111 Å². The number of carbonyl (C=O) groups excluding carboxylic acids is 1. The van der Waals surface area contributed by atoms with Crippen LogP contribution in [0.25, 0.3) is 0 Å². The molecule has 1 aromatic heterocycles. The van der Waals surface area contributed by atoms with Gasteiger partial charge in [-0.15, -0.1) is 0 Å². The topological polar surface area (TPSA) is 64.3 Å². The number of aromatic nitrogens is 2. The quantitative estimate of drug-likeness (QED) is 0.846. The Balaban J connectivity index is 2.19. The Morgan fingerprint density at radius 1 is 1.37 bits per heavy atom. The summed E-state index contributed by atoms with van der Waals surface area (Å²) in [6.07, 6.45) is 1.66. The van der Waals surface area contributed by atoms with Gasteiger partial charge in [-0.2, -0.15) is 0 Å². The van der Waals surface area contributed by atoms with Crippen LogP contribution in [-0.4, -0.2) is 27.7 Å². The average molecular weight is 260 g/mol. The second kappa shape index (κ2) is 5.67. The van der Waals surface area contributed by atoms with Gasteiger partial charge in [0.25, 0.3) is 0 Å². The Morgan fingerprint density at radius 2 is 2.05 bits per heavy atom. The van der Waals surface area contributed by atoms with Gasteiger partial charge >= 0.3 is 5.97 Å². The van der Waals surface area contributed by atoms with E-state index in [1.165, 1.54) is 7.11 Å². The summed E-state index contributed by atoms with van der Waals surface area (Å²) in [5, 5.41) is 9.24. The van der Waals surface area contributed by atoms with Crippen LogP contribution in [0.5, 0.6) is 0 Å². The lowest BCUT2D eigenvalue weighted by atomic mass is 10.1. The van der Waals surface area contributed by atoms with E-state index in [-0.39, 0.29) is 12.6 Å². The number of imidazole rings is 1. The number of esters is 1. The number of aliphatic hydroxyl groups excluding tert-OH is 1. The van der Waals surface area contributed by atoms with E-state index in [9.17, 15) is 9.90 Å². The number of ether oxygens (including phenoxy) is 1. The molecule has 1 N–H and O–H groups in total. The van der Waals surface area contributed by atoms with Gasteiger partial charge in [-0.25, -0.2) is 9.78 Å². The highest BCUT2D eigenvalue weighted by atomic mass is 16.5. The molecule has 0 atom stereocenters. The highest BCUT2D eigenvalue weighted by Gasteiger charge is 2.08. The van der Waals surface area contributed by atoms with Crippen LogP contribution in [0.15, 0.2) is 30.5 Å². The van der Waals surface area contributed by atoms with Gasteiger partial charge < -0.3 is 14.4 Å². The molecule has 100 valence electrons. The SMILES string of the molecule is COC(=O)c1ccc(Cn2c(CO)cnc2C)cc1. The largest absolute Gasteiger partial charge is 0.465 e. The van der Waals surface area contributed by atoms with E-state index < -0.39 is 0 Å². The molecule has 0 saturated carbocycles. The van der Waals surface area contributed by atoms with Crippen LogP contribution >= 0.6 is 0 Å². The fourth-order valence-electron chi connectivity index (χ4n) is 1.90.